The molecule has 148 valence electrons. The van der Waals surface area contributed by atoms with Crippen molar-refractivity contribution in [1.82, 2.24) is 0 Å². The Kier molecular flexibility index (Phi) is 3.28. The summed E-state index contributed by atoms with van der Waals surface area (Å²) in [5.74, 6) is 0. The summed E-state index contributed by atoms with van der Waals surface area (Å²) in [5.41, 5.74) is 5.43. The third kappa shape index (κ3) is 2.13. The number of fused-ring (bicyclic) bond motifs is 3. The maximum atomic E-state index is 2.58. The van der Waals surface area contributed by atoms with E-state index >= 15 is 0 Å². The Morgan fingerprint density at radius 3 is 2.07 bits per heavy atom. The number of hydrogen-bond donors (Lipinski definition) is 0. The van der Waals surface area contributed by atoms with Crippen molar-refractivity contribution in [2.45, 2.75) is 45.6 Å². The Hall–Kier alpha value is -3.06. The van der Waals surface area contributed by atoms with Gasteiger partial charge in [-0.15, -0.1) is 0 Å². The average Bonchev–Trinajstić information content (AvgIpc) is 2.71. The van der Waals surface area contributed by atoms with Crippen LogP contribution >= 0.6 is 0 Å². The van der Waals surface area contributed by atoms with E-state index in [4.69, 9.17) is 0 Å². The van der Waals surface area contributed by atoms with Crippen molar-refractivity contribution >= 4 is 43.7 Å². The molecule has 1 heteroatoms. The van der Waals surface area contributed by atoms with E-state index in [0.29, 0.717) is 0 Å². The largest absolute Gasteiger partial charge is 0.335 e. The highest BCUT2D eigenvalue weighted by atomic mass is 15.2. The molecule has 0 N–H and O–H groups in total. The summed E-state index contributed by atoms with van der Waals surface area (Å²) in [6.07, 6.45) is 0. The van der Waals surface area contributed by atoms with E-state index in [1.807, 2.05) is 0 Å². The van der Waals surface area contributed by atoms with Crippen LogP contribution in [0.1, 0.15) is 45.7 Å². The van der Waals surface area contributed by atoms with Gasteiger partial charge in [-0.3, -0.25) is 0 Å². The Bertz CT molecular complexity index is 1430. The van der Waals surface area contributed by atoms with Crippen LogP contribution in [-0.4, -0.2) is 5.54 Å². The highest BCUT2D eigenvalue weighted by Gasteiger charge is 2.41. The van der Waals surface area contributed by atoms with Gasteiger partial charge in [0.05, 0.1) is 5.69 Å². The van der Waals surface area contributed by atoms with Crippen LogP contribution in [0.15, 0.2) is 72.8 Å². The number of anilines is 2. The van der Waals surface area contributed by atoms with Gasteiger partial charge < -0.3 is 4.90 Å². The molecule has 1 heterocycles. The van der Waals surface area contributed by atoms with E-state index < -0.39 is 0 Å². The molecule has 6 rings (SSSR count). The van der Waals surface area contributed by atoms with Gasteiger partial charge in [0.1, 0.15) is 0 Å². The molecule has 0 saturated heterocycles. The number of benzene rings is 5. The molecule has 5 aromatic carbocycles. The fraction of sp³-hybridized carbons (Fsp3) is 0.241. The van der Waals surface area contributed by atoms with Crippen LogP contribution in [0.25, 0.3) is 32.3 Å². The van der Waals surface area contributed by atoms with Crippen molar-refractivity contribution in [3.63, 3.8) is 0 Å². The second-order valence-corrected chi connectivity index (χ2v) is 10.3. The van der Waals surface area contributed by atoms with Gasteiger partial charge in [0.25, 0.3) is 0 Å². The summed E-state index contributed by atoms with van der Waals surface area (Å²) in [7, 11) is 0. The molecule has 0 aliphatic carbocycles. The SMILES string of the molecule is CC1(C)c2ccccc2N(C(C)(C)C)c2c1cc1ccc3cccc4ccc2c1c34. The lowest BCUT2D eigenvalue weighted by Gasteiger charge is -2.48. The zero-order valence-electron chi connectivity index (χ0n) is 18.4. The zero-order valence-corrected chi connectivity index (χ0v) is 18.4. The van der Waals surface area contributed by atoms with Gasteiger partial charge in [-0.1, -0.05) is 74.5 Å². The third-order valence-corrected chi connectivity index (χ3v) is 7.01. The minimum absolute atomic E-state index is 0.0375. The van der Waals surface area contributed by atoms with Crippen molar-refractivity contribution < 1.29 is 0 Å². The maximum Gasteiger partial charge on any atom is 0.0537 e. The zero-order chi connectivity index (χ0) is 20.8. The van der Waals surface area contributed by atoms with Gasteiger partial charge in [0.15, 0.2) is 0 Å². The first-order chi connectivity index (χ1) is 14.3. The molecule has 0 unspecified atom stereocenters. The Balaban J connectivity index is 1.86. The number of para-hydroxylation sites is 1. The predicted octanol–water partition coefficient (Wildman–Crippen LogP) is 8.16. The van der Waals surface area contributed by atoms with Crippen LogP contribution in [0, 0.1) is 0 Å². The molecule has 0 bridgehead atoms. The number of rotatable bonds is 0. The minimum Gasteiger partial charge on any atom is -0.335 e. The van der Waals surface area contributed by atoms with Crippen LogP contribution in [-0.2, 0) is 5.41 Å². The molecule has 0 saturated carbocycles. The van der Waals surface area contributed by atoms with Crippen LogP contribution in [0.4, 0.5) is 11.4 Å². The van der Waals surface area contributed by atoms with Gasteiger partial charge in [-0.25, -0.2) is 0 Å². The smallest absolute Gasteiger partial charge is 0.0537 e. The number of nitrogens with zero attached hydrogens (tertiary/aromatic N) is 1. The van der Waals surface area contributed by atoms with Gasteiger partial charge >= 0.3 is 0 Å². The Morgan fingerprint density at radius 2 is 1.33 bits per heavy atom. The van der Waals surface area contributed by atoms with Crippen molar-refractivity contribution in [1.29, 1.82) is 0 Å². The molecular formula is C29H27N. The lowest BCUT2D eigenvalue weighted by Crippen LogP contribution is -2.43. The molecule has 30 heavy (non-hydrogen) atoms. The van der Waals surface area contributed by atoms with Crippen LogP contribution < -0.4 is 4.90 Å². The summed E-state index contributed by atoms with van der Waals surface area (Å²) in [6, 6.07) is 27.3. The molecule has 1 aliphatic heterocycles. The fourth-order valence-electron chi connectivity index (χ4n) is 5.67. The quantitative estimate of drug-likeness (QED) is 0.241. The van der Waals surface area contributed by atoms with Gasteiger partial charge in [0.2, 0.25) is 0 Å². The Morgan fingerprint density at radius 1 is 0.667 bits per heavy atom. The van der Waals surface area contributed by atoms with Gasteiger partial charge in [-0.2, -0.15) is 0 Å². The molecule has 0 radical (unpaired) electrons. The molecule has 0 atom stereocenters. The second-order valence-electron chi connectivity index (χ2n) is 10.3. The highest BCUT2D eigenvalue weighted by molar-refractivity contribution is 6.26. The molecule has 1 aliphatic rings. The summed E-state index contributed by atoms with van der Waals surface area (Å²) >= 11 is 0. The molecular weight excluding hydrogens is 362 g/mol. The van der Waals surface area contributed by atoms with E-state index in [2.05, 4.69) is 112 Å². The fourth-order valence-corrected chi connectivity index (χ4v) is 5.67. The van der Waals surface area contributed by atoms with E-state index in [9.17, 15) is 0 Å². The lowest BCUT2D eigenvalue weighted by molar-refractivity contribution is 0.532. The average molecular weight is 390 g/mol. The highest BCUT2D eigenvalue weighted by Crippen LogP contribution is 2.55. The first-order valence-electron chi connectivity index (χ1n) is 10.9. The normalized spacial score (nSPS) is 15.7. The van der Waals surface area contributed by atoms with Crippen LogP contribution in [0.3, 0.4) is 0 Å². The topological polar surface area (TPSA) is 3.24 Å². The van der Waals surface area contributed by atoms with Crippen molar-refractivity contribution in [3.8, 4) is 0 Å². The molecule has 0 fully saturated rings. The summed E-state index contributed by atoms with van der Waals surface area (Å²) in [5, 5.41) is 8.14. The standard InChI is InChI=1S/C29H27N/c1-28(2,3)30-24-12-7-6-11-22(24)29(4,5)23-17-20-14-13-18-9-8-10-19-15-16-21(27(23)30)26(20)25(18)19/h6-17H,1-5H3. The molecule has 1 nitrogen and oxygen atoms in total. The van der Waals surface area contributed by atoms with Crippen molar-refractivity contribution in [2.24, 2.45) is 0 Å². The number of hydrogen-bond acceptors (Lipinski definition) is 1. The maximum absolute atomic E-state index is 2.58. The van der Waals surface area contributed by atoms with E-state index in [1.165, 1.54) is 54.8 Å². The first-order valence-corrected chi connectivity index (χ1v) is 10.9. The van der Waals surface area contributed by atoms with Crippen molar-refractivity contribution in [2.75, 3.05) is 4.90 Å². The van der Waals surface area contributed by atoms with Crippen molar-refractivity contribution in [3.05, 3.63) is 83.9 Å². The van der Waals surface area contributed by atoms with E-state index in [-0.39, 0.29) is 11.0 Å². The first kappa shape index (κ1) is 17.8. The monoisotopic (exact) mass is 389 g/mol. The van der Waals surface area contributed by atoms with Crippen LogP contribution in [0.5, 0.6) is 0 Å². The summed E-state index contributed by atoms with van der Waals surface area (Å²) in [4.78, 5) is 2.58. The minimum atomic E-state index is -0.0574. The van der Waals surface area contributed by atoms with E-state index in [1.54, 1.807) is 0 Å². The summed E-state index contributed by atoms with van der Waals surface area (Å²) in [6.45, 7) is 11.7. The lowest BCUT2D eigenvalue weighted by atomic mass is 9.71. The van der Waals surface area contributed by atoms with Gasteiger partial charge in [0, 0.05) is 22.0 Å². The summed E-state index contributed by atoms with van der Waals surface area (Å²) < 4.78 is 0. The second kappa shape index (κ2) is 5.55. The molecule has 0 aromatic heterocycles. The molecule has 5 aromatic rings. The van der Waals surface area contributed by atoms with Crippen LogP contribution in [0.2, 0.25) is 0 Å². The Labute approximate surface area is 178 Å². The van der Waals surface area contributed by atoms with Gasteiger partial charge in [-0.05, 0) is 71.0 Å². The predicted molar refractivity (Wildman–Crippen MR) is 131 cm³/mol. The van der Waals surface area contributed by atoms with E-state index in [0.717, 1.165) is 0 Å². The molecule has 0 amide bonds. The molecule has 0 spiro atoms. The third-order valence-electron chi connectivity index (χ3n) is 7.01.